The monoisotopic (exact) mass is 258 g/mol. The molecule has 0 radical (unpaired) electrons. The third-order valence-electron chi connectivity index (χ3n) is 4.04. The molecule has 0 aromatic rings. The van der Waals surface area contributed by atoms with E-state index in [0.29, 0.717) is 0 Å². The topological polar surface area (TPSA) is 18.5 Å². The van der Waals surface area contributed by atoms with Crippen LogP contribution in [0.3, 0.4) is 0 Å². The van der Waals surface area contributed by atoms with Gasteiger partial charge in [0.25, 0.3) is 0 Å². The van der Waals surface area contributed by atoms with Crippen LogP contribution in [0, 0.1) is 11.8 Å². The second kappa shape index (κ2) is 10.1. The summed E-state index contributed by atoms with van der Waals surface area (Å²) in [5.74, 6) is 2.31. The molecule has 0 atom stereocenters. The van der Waals surface area contributed by atoms with Gasteiger partial charge >= 0.3 is 10.0 Å². The smallest absolute Gasteiger partial charge is 0.304 e. The van der Waals surface area contributed by atoms with E-state index in [1.54, 1.807) is 25.7 Å². The first-order valence-corrected chi connectivity index (χ1v) is 8.69. The van der Waals surface area contributed by atoms with Crippen molar-refractivity contribution in [1.29, 1.82) is 0 Å². The molecule has 2 fully saturated rings. The Morgan fingerprint density at radius 3 is 1.41 bits per heavy atom. The van der Waals surface area contributed by atoms with E-state index in [1.807, 2.05) is 13.8 Å². The molecule has 2 aliphatic rings. The molecule has 0 N–H and O–H groups in total. The van der Waals surface area contributed by atoms with E-state index in [9.17, 15) is 0 Å². The van der Waals surface area contributed by atoms with Crippen LogP contribution in [-0.2, 0) is 8.85 Å². The zero-order chi connectivity index (χ0) is 12.3. The number of hydrogen-bond donors (Lipinski definition) is 0. The fourth-order valence-electron chi connectivity index (χ4n) is 3.08. The summed E-state index contributed by atoms with van der Waals surface area (Å²) in [6, 6.07) is 0. The van der Waals surface area contributed by atoms with Crippen molar-refractivity contribution in [2.75, 3.05) is 13.2 Å². The lowest BCUT2D eigenvalue weighted by Gasteiger charge is -2.16. The lowest BCUT2D eigenvalue weighted by molar-refractivity contribution is 0.240. The molecule has 0 spiro atoms. The fourth-order valence-corrected chi connectivity index (χ4v) is 3.53. The van der Waals surface area contributed by atoms with Crippen LogP contribution in [0.25, 0.3) is 0 Å². The first-order chi connectivity index (χ1) is 8.38. The molecule has 17 heavy (non-hydrogen) atoms. The Bertz CT molecular complexity index is 146. The second-order valence-electron chi connectivity index (χ2n) is 5.19. The molecule has 2 nitrogen and oxygen atoms in total. The quantitative estimate of drug-likeness (QED) is 0.556. The van der Waals surface area contributed by atoms with Gasteiger partial charge in [-0.25, -0.2) is 0 Å². The maximum Gasteiger partial charge on any atom is 0.304 e. The van der Waals surface area contributed by atoms with E-state index in [2.05, 4.69) is 0 Å². The highest BCUT2D eigenvalue weighted by molar-refractivity contribution is 6.17. The molecule has 2 aliphatic carbocycles. The Hall–Kier alpha value is 0.137. The van der Waals surface area contributed by atoms with Crippen LogP contribution in [0.4, 0.5) is 0 Å². The largest absolute Gasteiger partial charge is 0.399 e. The van der Waals surface area contributed by atoms with Crippen LogP contribution < -0.4 is 0 Å². The van der Waals surface area contributed by atoms with Crippen LogP contribution in [-0.4, -0.2) is 23.2 Å². The van der Waals surface area contributed by atoms with Crippen molar-refractivity contribution >= 4 is 10.0 Å². The highest BCUT2D eigenvalue weighted by atomic mass is 28.3. The van der Waals surface area contributed by atoms with Gasteiger partial charge in [0, 0.05) is 13.2 Å². The third kappa shape index (κ3) is 6.58. The van der Waals surface area contributed by atoms with Crippen molar-refractivity contribution in [1.82, 2.24) is 0 Å². The molecule has 0 bridgehead atoms. The Morgan fingerprint density at radius 2 is 1.12 bits per heavy atom. The van der Waals surface area contributed by atoms with Gasteiger partial charge in [-0.05, 0) is 25.7 Å². The van der Waals surface area contributed by atoms with E-state index < -0.39 is 10.0 Å². The molecule has 0 amide bonds. The van der Waals surface area contributed by atoms with E-state index >= 15 is 0 Å². The Labute approximate surface area is 110 Å². The summed E-state index contributed by atoms with van der Waals surface area (Å²) < 4.78 is 9.98. The van der Waals surface area contributed by atoms with Gasteiger partial charge < -0.3 is 8.85 Å². The summed E-state index contributed by atoms with van der Waals surface area (Å²) in [5.41, 5.74) is 0. The summed E-state index contributed by atoms with van der Waals surface area (Å²) in [6.45, 7) is 5.55. The lowest BCUT2D eigenvalue weighted by Crippen LogP contribution is -2.06. The van der Waals surface area contributed by atoms with Gasteiger partial charge in [-0.1, -0.05) is 51.4 Å². The van der Waals surface area contributed by atoms with Gasteiger partial charge in [-0.15, -0.1) is 0 Å². The zero-order valence-electron chi connectivity index (χ0n) is 11.7. The normalized spacial score (nSPS) is 21.5. The van der Waals surface area contributed by atoms with Gasteiger partial charge in [-0.2, -0.15) is 0 Å². The molecule has 102 valence electrons. The van der Waals surface area contributed by atoms with Crippen LogP contribution in [0.5, 0.6) is 0 Å². The van der Waals surface area contributed by atoms with Crippen LogP contribution in [0.15, 0.2) is 0 Å². The van der Waals surface area contributed by atoms with Crippen molar-refractivity contribution in [3.8, 4) is 0 Å². The standard InChI is InChI=1S/C10H18.C4H12O2Si/c1-2-6-9(5-1)10-7-3-4-8-10;1-3-5-7-6-4-2/h9-10H,1-8H2;3-4,7H2,1-2H3. The van der Waals surface area contributed by atoms with Crippen LogP contribution in [0.2, 0.25) is 0 Å². The first kappa shape index (κ1) is 15.2. The van der Waals surface area contributed by atoms with Crippen molar-refractivity contribution < 1.29 is 8.85 Å². The van der Waals surface area contributed by atoms with Gasteiger partial charge in [-0.3, -0.25) is 0 Å². The zero-order valence-corrected chi connectivity index (χ0v) is 13.2. The van der Waals surface area contributed by atoms with Crippen LogP contribution >= 0.6 is 0 Å². The highest BCUT2D eigenvalue weighted by Crippen LogP contribution is 2.39. The molecule has 0 saturated heterocycles. The molecule has 2 saturated carbocycles. The summed E-state index contributed by atoms with van der Waals surface area (Å²) in [6.07, 6.45) is 12.4. The van der Waals surface area contributed by atoms with E-state index in [1.165, 1.54) is 25.7 Å². The second-order valence-corrected chi connectivity index (χ2v) is 6.24. The first-order valence-electron chi connectivity index (χ1n) is 7.54. The molecule has 0 unspecified atom stereocenters. The average molecular weight is 258 g/mol. The third-order valence-corrected chi connectivity index (χ3v) is 5.19. The van der Waals surface area contributed by atoms with E-state index in [4.69, 9.17) is 8.85 Å². The van der Waals surface area contributed by atoms with Crippen molar-refractivity contribution in [2.45, 2.75) is 65.2 Å². The summed E-state index contributed by atoms with van der Waals surface area (Å²) in [4.78, 5) is 0. The summed E-state index contributed by atoms with van der Waals surface area (Å²) in [5, 5.41) is 0. The van der Waals surface area contributed by atoms with Gasteiger partial charge in [0.1, 0.15) is 0 Å². The van der Waals surface area contributed by atoms with E-state index in [-0.39, 0.29) is 0 Å². The molecule has 0 aromatic heterocycles. The molecule has 3 heteroatoms. The minimum absolute atomic E-state index is 0.589. The maximum atomic E-state index is 4.99. The Morgan fingerprint density at radius 1 is 0.765 bits per heavy atom. The fraction of sp³-hybridized carbons (Fsp3) is 1.00. The molecule has 0 heterocycles. The minimum Gasteiger partial charge on any atom is -0.399 e. The molecular formula is C14H30O2Si. The number of hydrogen-bond acceptors (Lipinski definition) is 2. The maximum absolute atomic E-state index is 4.99. The SMILES string of the molecule is C1CCC(C2CCCC2)C1.CCO[SiH2]OCC. The molecular weight excluding hydrogens is 228 g/mol. The average Bonchev–Trinajstić information content (AvgIpc) is 3.03. The van der Waals surface area contributed by atoms with E-state index in [0.717, 1.165) is 25.0 Å². The lowest BCUT2D eigenvalue weighted by atomic mass is 9.90. The highest BCUT2D eigenvalue weighted by Gasteiger charge is 2.26. The van der Waals surface area contributed by atoms with Crippen LogP contribution in [0.1, 0.15) is 65.2 Å². The molecule has 0 aromatic carbocycles. The predicted molar refractivity (Wildman–Crippen MR) is 75.7 cm³/mol. The number of rotatable bonds is 5. The van der Waals surface area contributed by atoms with Gasteiger partial charge in [0.05, 0.1) is 0 Å². The van der Waals surface area contributed by atoms with Gasteiger partial charge in [0.2, 0.25) is 0 Å². The Balaban J connectivity index is 0.000000185. The molecule has 2 rings (SSSR count). The summed E-state index contributed by atoms with van der Waals surface area (Å²) >= 11 is 0. The predicted octanol–water partition coefficient (Wildman–Crippen LogP) is 3.43. The van der Waals surface area contributed by atoms with Gasteiger partial charge in [0.15, 0.2) is 0 Å². The van der Waals surface area contributed by atoms with Crippen molar-refractivity contribution in [2.24, 2.45) is 11.8 Å². The Kier molecular flexibility index (Phi) is 9.02. The molecule has 0 aliphatic heterocycles. The minimum atomic E-state index is -0.589. The summed E-state index contributed by atoms with van der Waals surface area (Å²) in [7, 11) is -0.589. The van der Waals surface area contributed by atoms with Crippen molar-refractivity contribution in [3.63, 3.8) is 0 Å². The van der Waals surface area contributed by atoms with Crippen molar-refractivity contribution in [3.05, 3.63) is 0 Å².